The highest BCUT2D eigenvalue weighted by molar-refractivity contribution is 7.99. The predicted octanol–water partition coefficient (Wildman–Crippen LogP) is 4.31. The first kappa shape index (κ1) is 24.2. The zero-order valence-electron chi connectivity index (χ0n) is 18.6. The number of hydrogen-bond acceptors (Lipinski definition) is 7. The van der Waals surface area contributed by atoms with Crippen molar-refractivity contribution in [2.45, 2.75) is 43.2 Å². The van der Waals surface area contributed by atoms with E-state index in [0.717, 1.165) is 26.4 Å². The molecular formula is C25H27FO5S2. The summed E-state index contributed by atoms with van der Waals surface area (Å²) in [4.78, 5) is 2.19. The second-order valence-electron chi connectivity index (χ2n) is 8.10. The van der Waals surface area contributed by atoms with Gasteiger partial charge in [0.15, 0.2) is 0 Å². The zero-order valence-corrected chi connectivity index (χ0v) is 20.2. The monoisotopic (exact) mass is 490 g/mol. The number of aryl methyl sites for hydroxylation is 1. The Labute approximate surface area is 200 Å². The van der Waals surface area contributed by atoms with Crippen molar-refractivity contribution >= 4 is 23.1 Å². The summed E-state index contributed by atoms with van der Waals surface area (Å²) < 4.78 is 24.8. The van der Waals surface area contributed by atoms with Crippen LogP contribution in [0.1, 0.15) is 27.7 Å². The molecule has 1 aromatic heterocycles. The maximum atomic E-state index is 13.2. The van der Waals surface area contributed by atoms with E-state index in [-0.39, 0.29) is 5.82 Å². The van der Waals surface area contributed by atoms with Crippen molar-refractivity contribution in [1.82, 2.24) is 0 Å². The number of ether oxygens (including phenoxy) is 2. The van der Waals surface area contributed by atoms with Gasteiger partial charge in [-0.3, -0.25) is 0 Å². The third-order valence-corrected chi connectivity index (χ3v) is 7.94. The number of halogens is 1. The van der Waals surface area contributed by atoms with Gasteiger partial charge in [0.1, 0.15) is 41.4 Å². The molecule has 0 radical (unpaired) electrons. The predicted molar refractivity (Wildman–Crippen MR) is 129 cm³/mol. The Balaban J connectivity index is 1.64. The number of methoxy groups -OCH3 is 1. The fourth-order valence-corrected chi connectivity index (χ4v) is 5.77. The first-order chi connectivity index (χ1) is 15.8. The summed E-state index contributed by atoms with van der Waals surface area (Å²) in [6.45, 7) is 2.00. The highest BCUT2D eigenvalue weighted by Gasteiger charge is 2.45. The molecule has 5 unspecified atom stereocenters. The number of thioether (sulfide) groups is 1. The number of rotatable bonds is 6. The van der Waals surface area contributed by atoms with Crippen LogP contribution in [0.3, 0.4) is 0 Å². The van der Waals surface area contributed by atoms with Gasteiger partial charge in [-0.15, -0.1) is 23.1 Å². The summed E-state index contributed by atoms with van der Waals surface area (Å²) in [6, 6.07) is 14.4. The third-order valence-electron chi connectivity index (χ3n) is 5.95. The Kier molecular flexibility index (Phi) is 7.43. The van der Waals surface area contributed by atoms with Crippen molar-refractivity contribution in [2.75, 3.05) is 13.4 Å². The van der Waals surface area contributed by atoms with Crippen LogP contribution < -0.4 is 4.74 Å². The molecule has 0 saturated carbocycles. The van der Waals surface area contributed by atoms with Crippen LogP contribution in [-0.4, -0.2) is 52.4 Å². The molecular weight excluding hydrogens is 463 g/mol. The molecule has 2 aromatic carbocycles. The molecule has 2 heterocycles. The van der Waals surface area contributed by atoms with E-state index in [1.165, 1.54) is 23.9 Å². The summed E-state index contributed by atoms with van der Waals surface area (Å²) in [5.74, 6) is 0.298. The summed E-state index contributed by atoms with van der Waals surface area (Å²) in [5, 5.41) is 31.2. The summed E-state index contributed by atoms with van der Waals surface area (Å²) >= 11 is 2.92. The maximum absolute atomic E-state index is 13.2. The standard InChI is InChI=1S/C25H27FO5S2/c1-13-10-19(30-2)18(24-22(28)21(27)23(29)25(31-24)32-3)12-15(13)11-17-8-9-20(33-17)14-4-6-16(26)7-5-14/h4-10,12,21-25,27-29H,11H2,1-3H3. The Morgan fingerprint density at radius 2 is 1.76 bits per heavy atom. The van der Waals surface area contributed by atoms with Gasteiger partial charge in [0.2, 0.25) is 0 Å². The maximum Gasteiger partial charge on any atom is 0.132 e. The lowest BCUT2D eigenvalue weighted by Crippen LogP contribution is -2.53. The quantitative estimate of drug-likeness (QED) is 0.478. The molecule has 1 saturated heterocycles. The molecule has 1 aliphatic heterocycles. The molecule has 33 heavy (non-hydrogen) atoms. The first-order valence-corrected chi connectivity index (χ1v) is 12.7. The van der Waals surface area contributed by atoms with Crippen LogP contribution in [0.15, 0.2) is 48.5 Å². The molecule has 3 N–H and O–H groups in total. The van der Waals surface area contributed by atoms with Crippen LogP contribution in [0, 0.1) is 12.7 Å². The molecule has 5 atom stereocenters. The zero-order chi connectivity index (χ0) is 23.7. The van der Waals surface area contributed by atoms with Crippen molar-refractivity contribution < 1.29 is 29.2 Å². The van der Waals surface area contributed by atoms with Gasteiger partial charge in [-0.05, 0) is 66.3 Å². The fraction of sp³-hybridized carbons (Fsp3) is 0.360. The molecule has 8 heteroatoms. The van der Waals surface area contributed by atoms with Gasteiger partial charge in [0.25, 0.3) is 0 Å². The normalized spacial score (nSPS) is 25.2. The Hall–Kier alpha value is -1.94. The molecule has 1 aliphatic rings. The topological polar surface area (TPSA) is 79.2 Å². The first-order valence-electron chi connectivity index (χ1n) is 10.6. The van der Waals surface area contributed by atoms with Crippen LogP contribution in [0.2, 0.25) is 0 Å². The van der Waals surface area contributed by atoms with Crippen molar-refractivity contribution in [3.05, 3.63) is 75.9 Å². The smallest absolute Gasteiger partial charge is 0.132 e. The molecule has 5 nitrogen and oxygen atoms in total. The van der Waals surface area contributed by atoms with Gasteiger partial charge >= 0.3 is 0 Å². The van der Waals surface area contributed by atoms with Crippen LogP contribution in [0.4, 0.5) is 4.39 Å². The van der Waals surface area contributed by atoms with Gasteiger partial charge in [-0.1, -0.05) is 12.1 Å². The summed E-state index contributed by atoms with van der Waals surface area (Å²) in [7, 11) is 1.55. The van der Waals surface area contributed by atoms with Gasteiger partial charge in [-0.25, -0.2) is 4.39 Å². The highest BCUT2D eigenvalue weighted by atomic mass is 32.2. The van der Waals surface area contributed by atoms with E-state index in [2.05, 4.69) is 6.07 Å². The lowest BCUT2D eigenvalue weighted by atomic mass is 9.91. The van der Waals surface area contributed by atoms with Crippen molar-refractivity contribution in [3.8, 4) is 16.2 Å². The third kappa shape index (κ3) is 4.96. The van der Waals surface area contributed by atoms with E-state index in [1.807, 2.05) is 25.1 Å². The van der Waals surface area contributed by atoms with Crippen molar-refractivity contribution in [1.29, 1.82) is 0 Å². The van der Waals surface area contributed by atoms with E-state index in [0.29, 0.717) is 17.7 Å². The number of thiophene rings is 1. The van der Waals surface area contributed by atoms with E-state index in [9.17, 15) is 19.7 Å². The van der Waals surface area contributed by atoms with Gasteiger partial charge in [-0.2, -0.15) is 0 Å². The number of benzene rings is 2. The van der Waals surface area contributed by atoms with Crippen molar-refractivity contribution in [2.24, 2.45) is 0 Å². The lowest BCUT2D eigenvalue weighted by molar-refractivity contribution is -0.200. The fourth-order valence-electron chi connectivity index (χ4n) is 4.06. The van der Waals surface area contributed by atoms with E-state index < -0.39 is 29.9 Å². The number of hydrogen-bond donors (Lipinski definition) is 3. The molecule has 0 bridgehead atoms. The van der Waals surface area contributed by atoms with E-state index in [1.54, 1.807) is 36.8 Å². The van der Waals surface area contributed by atoms with Crippen LogP contribution in [0.5, 0.6) is 5.75 Å². The molecule has 0 amide bonds. The molecule has 0 aliphatic carbocycles. The van der Waals surface area contributed by atoms with Crippen molar-refractivity contribution in [3.63, 3.8) is 0 Å². The van der Waals surface area contributed by atoms with Crippen LogP contribution in [-0.2, 0) is 11.2 Å². The second kappa shape index (κ2) is 10.1. The minimum Gasteiger partial charge on any atom is -0.496 e. The number of aliphatic hydroxyl groups is 3. The average molecular weight is 491 g/mol. The molecule has 3 aromatic rings. The van der Waals surface area contributed by atoms with Gasteiger partial charge in [0.05, 0.1) is 7.11 Å². The van der Waals surface area contributed by atoms with E-state index >= 15 is 0 Å². The SMILES string of the molecule is COc1cc(C)c(Cc2ccc(-c3ccc(F)cc3)s2)cc1C1OC(SC)C(O)C(O)C1O. The molecule has 176 valence electrons. The minimum absolute atomic E-state index is 0.259. The van der Waals surface area contributed by atoms with Crippen LogP contribution >= 0.6 is 23.1 Å². The highest BCUT2D eigenvalue weighted by Crippen LogP contribution is 2.41. The number of aliphatic hydroxyl groups excluding tert-OH is 3. The minimum atomic E-state index is -1.33. The largest absolute Gasteiger partial charge is 0.496 e. The lowest BCUT2D eigenvalue weighted by Gasteiger charge is -2.40. The Bertz CT molecular complexity index is 1100. The molecule has 0 spiro atoms. The van der Waals surface area contributed by atoms with Gasteiger partial charge < -0.3 is 24.8 Å². The molecule has 1 fully saturated rings. The average Bonchev–Trinajstić information content (AvgIpc) is 3.28. The van der Waals surface area contributed by atoms with Crippen LogP contribution in [0.25, 0.3) is 10.4 Å². The Morgan fingerprint density at radius 1 is 1.03 bits per heavy atom. The molecule has 4 rings (SSSR count). The summed E-state index contributed by atoms with van der Waals surface area (Å²) in [5.41, 5.74) is 2.99. The second-order valence-corrected chi connectivity index (χ2v) is 10.2. The van der Waals surface area contributed by atoms with Gasteiger partial charge in [0, 0.05) is 21.7 Å². The van der Waals surface area contributed by atoms with E-state index in [4.69, 9.17) is 9.47 Å². The summed E-state index contributed by atoms with van der Waals surface area (Å²) in [6.07, 6.45) is -2.20. The Morgan fingerprint density at radius 3 is 2.42 bits per heavy atom.